The van der Waals surface area contributed by atoms with Gasteiger partial charge in [-0.25, -0.2) is 0 Å². The third kappa shape index (κ3) is 1.00. The maximum Gasteiger partial charge on any atom is 0.137 e. The Morgan fingerprint density at radius 2 is 2.09 bits per heavy atom. The quantitative estimate of drug-likeness (QED) is 0.611. The van der Waals surface area contributed by atoms with Crippen molar-refractivity contribution < 1.29 is 4.79 Å². The molecule has 0 aliphatic heterocycles. The fourth-order valence-electron chi connectivity index (χ4n) is 2.49. The van der Waals surface area contributed by atoms with Crippen molar-refractivity contribution in [1.82, 2.24) is 5.32 Å². The summed E-state index contributed by atoms with van der Waals surface area (Å²) in [6, 6.07) is 0. The lowest BCUT2D eigenvalue weighted by molar-refractivity contribution is -0.130. The van der Waals surface area contributed by atoms with Crippen LogP contribution in [-0.2, 0) is 4.79 Å². The van der Waals surface area contributed by atoms with E-state index in [0.29, 0.717) is 11.7 Å². The Hall–Kier alpha value is -0.370. The minimum absolute atomic E-state index is 0.200. The Labute approximate surface area is 67.4 Å². The zero-order chi connectivity index (χ0) is 7.90. The molecule has 3 rings (SSSR count). The molecule has 0 spiro atoms. The van der Waals surface area contributed by atoms with Crippen molar-refractivity contribution in [3.8, 4) is 0 Å². The van der Waals surface area contributed by atoms with Crippen LogP contribution in [0.15, 0.2) is 0 Å². The topological polar surface area (TPSA) is 29.1 Å². The normalized spacial score (nSPS) is 43.0. The van der Waals surface area contributed by atoms with Crippen molar-refractivity contribution in [2.75, 3.05) is 7.05 Å². The van der Waals surface area contributed by atoms with Gasteiger partial charge in [0.25, 0.3) is 0 Å². The van der Waals surface area contributed by atoms with Crippen molar-refractivity contribution in [2.45, 2.75) is 37.6 Å². The van der Waals surface area contributed by atoms with Gasteiger partial charge in [0.2, 0.25) is 0 Å². The third-order valence-electron chi connectivity index (χ3n) is 3.44. The molecule has 0 amide bonds. The molecule has 0 radical (unpaired) electrons. The summed E-state index contributed by atoms with van der Waals surface area (Å²) < 4.78 is 0. The molecule has 3 aliphatic carbocycles. The Morgan fingerprint density at radius 1 is 1.45 bits per heavy atom. The van der Waals surface area contributed by atoms with Gasteiger partial charge in [-0.3, -0.25) is 4.79 Å². The molecule has 2 nitrogen and oxygen atoms in total. The largest absolute Gasteiger partial charge is 0.314 e. The summed E-state index contributed by atoms with van der Waals surface area (Å²) in [6.45, 7) is 0. The molecule has 0 aromatic heterocycles. The molecule has 2 heteroatoms. The Bertz CT molecular complexity index is 180. The SMILES string of the molecule is CNC12CCC(CC1)C(=O)C2. The molecule has 0 saturated heterocycles. The molecule has 62 valence electrons. The molecule has 0 atom stereocenters. The second kappa shape index (κ2) is 2.31. The van der Waals surface area contributed by atoms with Crippen molar-refractivity contribution in [1.29, 1.82) is 0 Å². The monoisotopic (exact) mass is 153 g/mol. The zero-order valence-corrected chi connectivity index (χ0v) is 7.02. The first-order valence-corrected chi connectivity index (χ1v) is 4.47. The highest BCUT2D eigenvalue weighted by atomic mass is 16.1. The number of hydrogen-bond donors (Lipinski definition) is 1. The first kappa shape index (κ1) is 7.29. The average Bonchev–Trinajstić information content (AvgIpc) is 2.06. The third-order valence-corrected chi connectivity index (χ3v) is 3.44. The van der Waals surface area contributed by atoms with Crippen LogP contribution in [0.25, 0.3) is 0 Å². The molecule has 3 saturated carbocycles. The van der Waals surface area contributed by atoms with E-state index in [9.17, 15) is 4.79 Å². The predicted molar refractivity (Wildman–Crippen MR) is 43.4 cm³/mol. The first-order chi connectivity index (χ1) is 5.26. The number of carbonyl (C=O) groups is 1. The fraction of sp³-hybridized carbons (Fsp3) is 0.889. The second-order valence-electron chi connectivity index (χ2n) is 3.95. The number of fused-ring (bicyclic) bond motifs is 3. The van der Waals surface area contributed by atoms with Crippen LogP contribution in [0, 0.1) is 5.92 Å². The van der Waals surface area contributed by atoms with Crippen LogP contribution >= 0.6 is 0 Å². The Kier molecular flexibility index (Phi) is 1.53. The van der Waals surface area contributed by atoms with Crippen molar-refractivity contribution in [3.05, 3.63) is 0 Å². The summed E-state index contributed by atoms with van der Waals surface area (Å²) in [7, 11) is 1.99. The number of hydrogen-bond acceptors (Lipinski definition) is 2. The number of nitrogens with one attached hydrogen (secondary N) is 1. The second-order valence-corrected chi connectivity index (χ2v) is 3.95. The lowest BCUT2D eigenvalue weighted by Crippen LogP contribution is -2.53. The highest BCUT2D eigenvalue weighted by molar-refractivity contribution is 5.84. The molecule has 1 N–H and O–H groups in total. The first-order valence-electron chi connectivity index (χ1n) is 4.47. The Morgan fingerprint density at radius 3 is 2.45 bits per heavy atom. The number of ketones is 1. The molecule has 11 heavy (non-hydrogen) atoms. The van der Waals surface area contributed by atoms with Crippen LogP contribution in [0.1, 0.15) is 32.1 Å². The van der Waals surface area contributed by atoms with Crippen LogP contribution in [-0.4, -0.2) is 18.4 Å². The minimum atomic E-state index is 0.200. The molecular formula is C9H15NO. The van der Waals surface area contributed by atoms with E-state index in [1.807, 2.05) is 7.05 Å². The predicted octanol–water partition coefficient (Wildman–Crippen LogP) is 1.11. The summed E-state index contributed by atoms with van der Waals surface area (Å²) >= 11 is 0. The van der Waals surface area contributed by atoms with Gasteiger partial charge >= 0.3 is 0 Å². The number of carbonyl (C=O) groups excluding carboxylic acids is 1. The van der Waals surface area contributed by atoms with Crippen molar-refractivity contribution in [2.24, 2.45) is 5.92 Å². The molecule has 2 bridgehead atoms. The summed E-state index contributed by atoms with van der Waals surface area (Å²) in [6.07, 6.45) is 5.45. The lowest BCUT2D eigenvalue weighted by Gasteiger charge is -2.45. The standard InChI is InChI=1S/C9H15NO/c1-10-9-4-2-7(3-5-9)8(11)6-9/h7,10H,2-6H2,1H3. The average molecular weight is 153 g/mol. The van der Waals surface area contributed by atoms with E-state index >= 15 is 0 Å². The minimum Gasteiger partial charge on any atom is -0.314 e. The van der Waals surface area contributed by atoms with E-state index in [4.69, 9.17) is 0 Å². The van der Waals surface area contributed by atoms with E-state index in [1.165, 1.54) is 12.8 Å². The van der Waals surface area contributed by atoms with Gasteiger partial charge in [0, 0.05) is 17.9 Å². The van der Waals surface area contributed by atoms with Gasteiger partial charge in [-0.15, -0.1) is 0 Å². The van der Waals surface area contributed by atoms with Crippen molar-refractivity contribution >= 4 is 5.78 Å². The van der Waals surface area contributed by atoms with Crippen LogP contribution in [0.5, 0.6) is 0 Å². The molecule has 3 aliphatic rings. The van der Waals surface area contributed by atoms with Gasteiger partial charge in [-0.05, 0) is 32.7 Å². The molecular weight excluding hydrogens is 138 g/mol. The van der Waals surface area contributed by atoms with Gasteiger partial charge in [0.15, 0.2) is 0 Å². The van der Waals surface area contributed by atoms with Crippen molar-refractivity contribution in [3.63, 3.8) is 0 Å². The molecule has 0 unspecified atom stereocenters. The van der Waals surface area contributed by atoms with Crippen LogP contribution in [0.2, 0.25) is 0 Å². The smallest absolute Gasteiger partial charge is 0.137 e. The van der Waals surface area contributed by atoms with Gasteiger partial charge in [0.05, 0.1) is 0 Å². The lowest BCUT2D eigenvalue weighted by atomic mass is 9.65. The maximum atomic E-state index is 11.4. The van der Waals surface area contributed by atoms with Gasteiger partial charge in [-0.2, -0.15) is 0 Å². The van der Waals surface area contributed by atoms with E-state index in [1.54, 1.807) is 0 Å². The van der Waals surface area contributed by atoms with Crippen LogP contribution in [0.3, 0.4) is 0 Å². The molecule has 3 fully saturated rings. The molecule has 0 aromatic rings. The van der Waals surface area contributed by atoms with Gasteiger partial charge < -0.3 is 5.32 Å². The van der Waals surface area contributed by atoms with Gasteiger partial charge in [-0.1, -0.05) is 0 Å². The van der Waals surface area contributed by atoms with Crippen LogP contribution in [0.4, 0.5) is 0 Å². The molecule has 0 aromatic carbocycles. The fourth-order valence-corrected chi connectivity index (χ4v) is 2.49. The summed E-state index contributed by atoms with van der Waals surface area (Å²) in [5.74, 6) is 0.919. The number of Topliss-reactive ketones (excluding diaryl/α,β-unsaturated/α-hetero) is 1. The van der Waals surface area contributed by atoms with E-state index in [-0.39, 0.29) is 5.54 Å². The number of rotatable bonds is 1. The Balaban J connectivity index is 2.18. The summed E-state index contributed by atoms with van der Waals surface area (Å²) in [5, 5.41) is 3.31. The highest BCUT2D eigenvalue weighted by Crippen LogP contribution is 2.41. The van der Waals surface area contributed by atoms with Crippen LogP contribution < -0.4 is 5.32 Å². The summed E-state index contributed by atoms with van der Waals surface area (Å²) in [4.78, 5) is 11.4. The van der Waals surface area contributed by atoms with E-state index in [0.717, 1.165) is 19.3 Å². The zero-order valence-electron chi connectivity index (χ0n) is 7.02. The maximum absolute atomic E-state index is 11.4. The highest BCUT2D eigenvalue weighted by Gasteiger charge is 2.43. The van der Waals surface area contributed by atoms with E-state index in [2.05, 4.69) is 5.32 Å². The molecule has 0 heterocycles. The summed E-state index contributed by atoms with van der Waals surface area (Å²) in [5.41, 5.74) is 0.200. The van der Waals surface area contributed by atoms with E-state index < -0.39 is 0 Å². The van der Waals surface area contributed by atoms with Gasteiger partial charge in [0.1, 0.15) is 5.78 Å².